The van der Waals surface area contributed by atoms with Crippen molar-refractivity contribution >= 4 is 17.1 Å². The topological polar surface area (TPSA) is 41.8 Å². The van der Waals surface area contributed by atoms with Gasteiger partial charge in [-0.25, -0.2) is 4.52 Å². The van der Waals surface area contributed by atoms with Crippen LogP contribution < -0.4 is 5.32 Å². The van der Waals surface area contributed by atoms with Gasteiger partial charge in [-0.15, -0.1) is 0 Å². The number of aromatic nitrogens is 2. The van der Waals surface area contributed by atoms with Gasteiger partial charge in [0.2, 0.25) is 0 Å². The number of fused-ring (bicyclic) bond motifs is 1. The molecule has 1 saturated heterocycles. The van der Waals surface area contributed by atoms with Crippen LogP contribution in [-0.4, -0.2) is 47.4 Å². The van der Waals surface area contributed by atoms with Crippen molar-refractivity contribution in [2.24, 2.45) is 0 Å². The van der Waals surface area contributed by atoms with E-state index in [0.717, 1.165) is 49.9 Å². The van der Waals surface area contributed by atoms with E-state index in [1.165, 1.54) is 11.1 Å². The number of rotatable bonds is 6. The van der Waals surface area contributed by atoms with Crippen LogP contribution in [0.2, 0.25) is 5.02 Å². The molecule has 1 unspecified atom stereocenters. The first-order chi connectivity index (χ1) is 12.8. The first-order valence-corrected chi connectivity index (χ1v) is 9.38. The Morgan fingerprint density at radius 1 is 1.12 bits per heavy atom. The van der Waals surface area contributed by atoms with Gasteiger partial charge in [0.05, 0.1) is 24.9 Å². The van der Waals surface area contributed by atoms with Crippen molar-refractivity contribution in [3.05, 3.63) is 71.0 Å². The fraction of sp³-hybridized carbons (Fsp3) is 0.350. The zero-order valence-electron chi connectivity index (χ0n) is 14.6. The van der Waals surface area contributed by atoms with Gasteiger partial charge in [0.25, 0.3) is 0 Å². The molecule has 2 aromatic heterocycles. The molecule has 26 heavy (non-hydrogen) atoms. The van der Waals surface area contributed by atoms with Crippen LogP contribution in [0, 0.1) is 0 Å². The standard InChI is InChI=1S/C20H23ClN4O/c21-18-6-4-16(5-7-18)20(24-9-11-26-12-10-24)15-22-13-17-14-23-25-8-2-1-3-19(17)25/h1-8,14,20,22H,9-13,15H2. The average Bonchev–Trinajstić information content (AvgIpc) is 3.10. The summed E-state index contributed by atoms with van der Waals surface area (Å²) in [5.74, 6) is 0. The normalized spacial score (nSPS) is 16.8. The van der Waals surface area contributed by atoms with Crippen molar-refractivity contribution in [3.63, 3.8) is 0 Å². The predicted molar refractivity (Wildman–Crippen MR) is 103 cm³/mol. The quantitative estimate of drug-likeness (QED) is 0.723. The third-order valence-corrected chi connectivity index (χ3v) is 5.15. The van der Waals surface area contributed by atoms with Gasteiger partial charge in [-0.3, -0.25) is 4.90 Å². The number of ether oxygens (including phenoxy) is 1. The zero-order valence-corrected chi connectivity index (χ0v) is 15.4. The van der Waals surface area contributed by atoms with Crippen LogP contribution in [0.3, 0.4) is 0 Å². The van der Waals surface area contributed by atoms with Crippen LogP contribution in [0.5, 0.6) is 0 Å². The predicted octanol–water partition coefficient (Wildman–Crippen LogP) is 3.15. The monoisotopic (exact) mass is 370 g/mol. The third kappa shape index (κ3) is 3.91. The van der Waals surface area contributed by atoms with E-state index in [4.69, 9.17) is 16.3 Å². The Labute approximate surface area is 158 Å². The molecule has 0 spiro atoms. The second-order valence-electron chi connectivity index (χ2n) is 6.55. The maximum atomic E-state index is 6.07. The van der Waals surface area contributed by atoms with Crippen molar-refractivity contribution in [1.29, 1.82) is 0 Å². The van der Waals surface area contributed by atoms with E-state index >= 15 is 0 Å². The summed E-state index contributed by atoms with van der Waals surface area (Å²) in [7, 11) is 0. The Bertz CT molecular complexity index is 842. The van der Waals surface area contributed by atoms with E-state index < -0.39 is 0 Å². The van der Waals surface area contributed by atoms with E-state index in [2.05, 4.69) is 33.5 Å². The molecule has 1 N–H and O–H groups in total. The highest BCUT2D eigenvalue weighted by atomic mass is 35.5. The molecular formula is C20H23ClN4O. The number of morpholine rings is 1. The Balaban J connectivity index is 1.46. The van der Waals surface area contributed by atoms with Crippen molar-refractivity contribution < 1.29 is 4.74 Å². The van der Waals surface area contributed by atoms with Crippen LogP contribution in [-0.2, 0) is 11.3 Å². The fourth-order valence-corrected chi connectivity index (χ4v) is 3.63. The highest BCUT2D eigenvalue weighted by Gasteiger charge is 2.22. The molecule has 4 rings (SSSR count). The van der Waals surface area contributed by atoms with Crippen LogP contribution in [0.15, 0.2) is 54.9 Å². The van der Waals surface area contributed by atoms with Gasteiger partial charge >= 0.3 is 0 Å². The van der Waals surface area contributed by atoms with Crippen LogP contribution in [0.4, 0.5) is 0 Å². The smallest absolute Gasteiger partial charge is 0.0706 e. The number of benzene rings is 1. The lowest BCUT2D eigenvalue weighted by Gasteiger charge is -2.35. The molecule has 5 nitrogen and oxygen atoms in total. The lowest BCUT2D eigenvalue weighted by Crippen LogP contribution is -2.42. The summed E-state index contributed by atoms with van der Waals surface area (Å²) in [6.45, 7) is 5.14. The summed E-state index contributed by atoms with van der Waals surface area (Å²) in [6.07, 6.45) is 3.91. The van der Waals surface area contributed by atoms with Crippen LogP contribution in [0.25, 0.3) is 5.52 Å². The third-order valence-electron chi connectivity index (χ3n) is 4.90. The van der Waals surface area contributed by atoms with Gasteiger partial charge in [-0.1, -0.05) is 29.8 Å². The number of pyridine rings is 1. The van der Waals surface area contributed by atoms with Gasteiger partial charge in [0.15, 0.2) is 0 Å². The first kappa shape index (κ1) is 17.5. The molecule has 3 aromatic rings. The molecule has 1 aliphatic heterocycles. The zero-order chi connectivity index (χ0) is 17.8. The van der Waals surface area contributed by atoms with Gasteiger partial charge in [0.1, 0.15) is 0 Å². The Morgan fingerprint density at radius 2 is 1.92 bits per heavy atom. The molecule has 0 amide bonds. The number of halogens is 1. The minimum atomic E-state index is 0.304. The Hall–Kier alpha value is -1.92. The van der Waals surface area contributed by atoms with Gasteiger partial charge in [-0.2, -0.15) is 5.10 Å². The Morgan fingerprint density at radius 3 is 2.73 bits per heavy atom. The highest BCUT2D eigenvalue weighted by Crippen LogP contribution is 2.23. The number of nitrogens with zero attached hydrogens (tertiary/aromatic N) is 3. The second-order valence-corrected chi connectivity index (χ2v) is 6.98. The molecule has 0 aliphatic carbocycles. The highest BCUT2D eigenvalue weighted by molar-refractivity contribution is 6.30. The lowest BCUT2D eigenvalue weighted by atomic mass is 10.0. The summed E-state index contributed by atoms with van der Waals surface area (Å²) in [5, 5.41) is 8.80. The first-order valence-electron chi connectivity index (χ1n) is 9.00. The van der Waals surface area contributed by atoms with Crippen molar-refractivity contribution in [2.75, 3.05) is 32.8 Å². The molecule has 1 aromatic carbocycles. The molecule has 3 heterocycles. The molecule has 136 valence electrons. The molecule has 6 heteroatoms. The number of hydrogen-bond acceptors (Lipinski definition) is 4. The molecule has 0 bridgehead atoms. The fourth-order valence-electron chi connectivity index (χ4n) is 3.50. The molecular weight excluding hydrogens is 348 g/mol. The van der Waals surface area contributed by atoms with Gasteiger partial charge < -0.3 is 10.1 Å². The lowest BCUT2D eigenvalue weighted by molar-refractivity contribution is 0.0161. The minimum absolute atomic E-state index is 0.304. The van der Waals surface area contributed by atoms with E-state index in [0.29, 0.717) is 6.04 Å². The van der Waals surface area contributed by atoms with E-state index in [-0.39, 0.29) is 0 Å². The summed E-state index contributed by atoms with van der Waals surface area (Å²) in [4.78, 5) is 2.48. The maximum absolute atomic E-state index is 6.07. The number of hydrogen-bond donors (Lipinski definition) is 1. The van der Waals surface area contributed by atoms with Crippen molar-refractivity contribution in [3.8, 4) is 0 Å². The van der Waals surface area contributed by atoms with Crippen molar-refractivity contribution in [2.45, 2.75) is 12.6 Å². The second kappa shape index (κ2) is 8.18. The summed E-state index contributed by atoms with van der Waals surface area (Å²) in [5.41, 5.74) is 3.64. The summed E-state index contributed by atoms with van der Waals surface area (Å²) >= 11 is 6.07. The maximum Gasteiger partial charge on any atom is 0.0706 e. The van der Waals surface area contributed by atoms with Crippen LogP contribution in [0.1, 0.15) is 17.2 Å². The molecule has 1 atom stereocenters. The largest absolute Gasteiger partial charge is 0.379 e. The van der Waals surface area contributed by atoms with Gasteiger partial charge in [0, 0.05) is 49.0 Å². The van der Waals surface area contributed by atoms with E-state index in [1.807, 2.05) is 41.2 Å². The van der Waals surface area contributed by atoms with E-state index in [1.54, 1.807) is 0 Å². The molecule has 1 aliphatic rings. The SMILES string of the molecule is Clc1ccc(C(CNCc2cnn3ccccc23)N2CCOCC2)cc1. The Kier molecular flexibility index (Phi) is 5.51. The van der Waals surface area contributed by atoms with Gasteiger partial charge in [-0.05, 0) is 29.8 Å². The average molecular weight is 371 g/mol. The molecule has 0 saturated carbocycles. The van der Waals surface area contributed by atoms with E-state index in [9.17, 15) is 0 Å². The van der Waals surface area contributed by atoms with Crippen molar-refractivity contribution in [1.82, 2.24) is 19.8 Å². The number of nitrogens with one attached hydrogen (secondary N) is 1. The minimum Gasteiger partial charge on any atom is -0.379 e. The molecule has 0 radical (unpaired) electrons. The summed E-state index contributed by atoms with van der Waals surface area (Å²) < 4.78 is 7.43. The summed E-state index contributed by atoms with van der Waals surface area (Å²) in [6, 6.07) is 14.6. The molecule has 1 fully saturated rings. The van der Waals surface area contributed by atoms with Crippen LogP contribution >= 0.6 is 11.6 Å².